The summed E-state index contributed by atoms with van der Waals surface area (Å²) in [5.41, 5.74) is 5.22. The van der Waals surface area contributed by atoms with Crippen molar-refractivity contribution in [3.05, 3.63) is 0 Å². The molecule has 14 heavy (non-hydrogen) atoms. The lowest BCUT2D eigenvalue weighted by Gasteiger charge is -2.10. The fraction of sp³-hybridized carbons (Fsp3) is 0.714. The Balaban J connectivity index is 3.67. The monoisotopic (exact) mass is 206 g/mol. The number of aliphatic hydroxyl groups is 2. The minimum Gasteiger partial charge on any atom is -0.481 e. The van der Waals surface area contributed by atoms with Gasteiger partial charge in [0.05, 0.1) is 12.5 Å². The predicted molar refractivity (Wildman–Crippen MR) is 46.1 cm³/mol. The summed E-state index contributed by atoms with van der Waals surface area (Å²) in [4.78, 5) is 21.2. The van der Waals surface area contributed by atoms with Gasteiger partial charge in [0.15, 0.2) is 6.29 Å². The van der Waals surface area contributed by atoms with Gasteiger partial charge in [0, 0.05) is 13.0 Å². The van der Waals surface area contributed by atoms with Gasteiger partial charge in [-0.05, 0) is 0 Å². The molecule has 0 aromatic carbocycles. The van der Waals surface area contributed by atoms with Gasteiger partial charge in [0.25, 0.3) is 0 Å². The second-order valence-electron chi connectivity index (χ2n) is 2.76. The summed E-state index contributed by atoms with van der Waals surface area (Å²) in [6, 6.07) is -1.11. The molecule has 0 rings (SSSR count). The van der Waals surface area contributed by atoms with Gasteiger partial charge in [0.2, 0.25) is 5.91 Å². The molecule has 0 aromatic rings. The van der Waals surface area contributed by atoms with E-state index in [1.54, 1.807) is 0 Å². The molecule has 82 valence electrons. The first-order chi connectivity index (χ1) is 6.43. The van der Waals surface area contributed by atoms with Crippen LogP contribution in [0.25, 0.3) is 0 Å². The van der Waals surface area contributed by atoms with Crippen molar-refractivity contribution >= 4 is 11.9 Å². The fourth-order valence-electron chi connectivity index (χ4n) is 0.736. The number of aliphatic carboxylic acids is 1. The molecule has 0 aliphatic rings. The van der Waals surface area contributed by atoms with Crippen LogP contribution in [-0.4, -0.2) is 46.1 Å². The average Bonchev–Trinajstić information content (AvgIpc) is 2.01. The minimum absolute atomic E-state index is 0.0223. The summed E-state index contributed by atoms with van der Waals surface area (Å²) in [6.45, 7) is 0.0455. The van der Waals surface area contributed by atoms with E-state index in [2.05, 4.69) is 5.32 Å². The quantitative estimate of drug-likeness (QED) is 0.308. The van der Waals surface area contributed by atoms with Crippen LogP contribution in [0.15, 0.2) is 0 Å². The molecule has 6 N–H and O–H groups in total. The van der Waals surface area contributed by atoms with Crippen molar-refractivity contribution in [2.75, 3.05) is 6.54 Å². The molecule has 0 aromatic heterocycles. The SMILES string of the molecule is N[C@@H](CC(=O)O)C(=O)NCCC(O)O. The largest absolute Gasteiger partial charge is 0.481 e. The smallest absolute Gasteiger partial charge is 0.305 e. The van der Waals surface area contributed by atoms with E-state index < -0.39 is 30.6 Å². The van der Waals surface area contributed by atoms with Gasteiger partial charge in [-0.3, -0.25) is 9.59 Å². The zero-order valence-electron chi connectivity index (χ0n) is 7.51. The number of amides is 1. The van der Waals surface area contributed by atoms with E-state index in [1.165, 1.54) is 0 Å². The van der Waals surface area contributed by atoms with Crippen LogP contribution in [0.3, 0.4) is 0 Å². The number of carboxylic acid groups (broad SMARTS) is 1. The zero-order valence-corrected chi connectivity index (χ0v) is 7.51. The number of nitrogens with two attached hydrogens (primary N) is 1. The van der Waals surface area contributed by atoms with E-state index in [-0.39, 0.29) is 13.0 Å². The number of carbonyl (C=O) groups is 2. The van der Waals surface area contributed by atoms with Crippen LogP contribution in [-0.2, 0) is 9.59 Å². The molecule has 0 bridgehead atoms. The zero-order chi connectivity index (χ0) is 11.1. The first-order valence-electron chi connectivity index (χ1n) is 4.04. The number of hydrogen-bond acceptors (Lipinski definition) is 5. The van der Waals surface area contributed by atoms with E-state index in [0.29, 0.717) is 0 Å². The van der Waals surface area contributed by atoms with Crippen molar-refractivity contribution in [1.29, 1.82) is 0 Å². The molecule has 0 saturated heterocycles. The number of carbonyl (C=O) groups excluding carboxylic acids is 1. The molecule has 0 saturated carbocycles. The fourth-order valence-corrected chi connectivity index (χ4v) is 0.736. The van der Waals surface area contributed by atoms with Crippen molar-refractivity contribution < 1.29 is 24.9 Å². The maximum Gasteiger partial charge on any atom is 0.305 e. The molecule has 0 heterocycles. The number of carboxylic acids is 1. The Labute approximate surface area is 80.5 Å². The molecule has 0 radical (unpaired) electrons. The molecule has 1 amide bonds. The molecule has 7 nitrogen and oxygen atoms in total. The van der Waals surface area contributed by atoms with Crippen LogP contribution in [0, 0.1) is 0 Å². The summed E-state index contributed by atoms with van der Waals surface area (Å²) in [6.07, 6.45) is -1.97. The highest BCUT2D eigenvalue weighted by Gasteiger charge is 2.16. The Hall–Kier alpha value is -1.18. The normalized spacial score (nSPS) is 12.6. The summed E-state index contributed by atoms with van der Waals surface area (Å²) >= 11 is 0. The second-order valence-corrected chi connectivity index (χ2v) is 2.76. The van der Waals surface area contributed by atoms with Crippen LogP contribution >= 0.6 is 0 Å². The Morgan fingerprint density at radius 2 is 1.93 bits per heavy atom. The van der Waals surface area contributed by atoms with Crippen molar-refractivity contribution in [3.8, 4) is 0 Å². The van der Waals surface area contributed by atoms with Gasteiger partial charge >= 0.3 is 5.97 Å². The maximum absolute atomic E-state index is 11.0. The third-order valence-electron chi connectivity index (χ3n) is 1.43. The molecular weight excluding hydrogens is 192 g/mol. The highest BCUT2D eigenvalue weighted by molar-refractivity contribution is 5.85. The second kappa shape index (κ2) is 6.30. The lowest BCUT2D eigenvalue weighted by molar-refractivity contribution is -0.139. The van der Waals surface area contributed by atoms with Crippen LogP contribution in [0.1, 0.15) is 12.8 Å². The molecule has 7 heteroatoms. The summed E-state index contributed by atoms with van der Waals surface area (Å²) in [5.74, 6) is -1.78. The highest BCUT2D eigenvalue weighted by Crippen LogP contribution is 1.89. The molecule has 0 fully saturated rings. The van der Waals surface area contributed by atoms with Gasteiger partial charge in [-0.2, -0.15) is 0 Å². The van der Waals surface area contributed by atoms with Gasteiger partial charge in [0.1, 0.15) is 0 Å². The number of hydrogen-bond donors (Lipinski definition) is 5. The van der Waals surface area contributed by atoms with E-state index in [0.717, 1.165) is 0 Å². The Morgan fingerprint density at radius 3 is 2.36 bits per heavy atom. The van der Waals surface area contributed by atoms with Gasteiger partial charge in [-0.1, -0.05) is 0 Å². The van der Waals surface area contributed by atoms with E-state index in [4.69, 9.17) is 21.1 Å². The van der Waals surface area contributed by atoms with Crippen molar-refractivity contribution in [2.45, 2.75) is 25.2 Å². The van der Waals surface area contributed by atoms with Gasteiger partial charge in [-0.25, -0.2) is 0 Å². The standard InChI is InChI=1S/C7H14N2O5/c8-4(3-6(12)13)7(14)9-2-1-5(10)11/h4-5,10-11H,1-3,8H2,(H,9,14)(H,12,13)/t4-/m0/s1. The molecule has 0 spiro atoms. The third kappa shape index (κ3) is 6.35. The van der Waals surface area contributed by atoms with E-state index in [1.807, 2.05) is 0 Å². The highest BCUT2D eigenvalue weighted by atomic mass is 16.5. The van der Waals surface area contributed by atoms with Crippen molar-refractivity contribution in [3.63, 3.8) is 0 Å². The van der Waals surface area contributed by atoms with Gasteiger partial charge in [-0.15, -0.1) is 0 Å². The number of rotatable bonds is 6. The predicted octanol–water partition coefficient (Wildman–Crippen LogP) is -2.39. The molecule has 0 aliphatic carbocycles. The topological polar surface area (TPSA) is 133 Å². The van der Waals surface area contributed by atoms with Crippen LogP contribution < -0.4 is 11.1 Å². The summed E-state index contributed by atoms with van der Waals surface area (Å²) in [7, 11) is 0. The molecular formula is C7H14N2O5. The average molecular weight is 206 g/mol. The first kappa shape index (κ1) is 12.8. The molecule has 0 unspecified atom stereocenters. The third-order valence-corrected chi connectivity index (χ3v) is 1.43. The van der Waals surface area contributed by atoms with E-state index >= 15 is 0 Å². The number of nitrogens with one attached hydrogen (secondary N) is 1. The van der Waals surface area contributed by atoms with Gasteiger partial charge < -0.3 is 26.4 Å². The molecule has 1 atom stereocenters. The number of aliphatic hydroxyl groups excluding tert-OH is 1. The minimum atomic E-state index is -1.49. The van der Waals surface area contributed by atoms with Crippen LogP contribution in [0.5, 0.6) is 0 Å². The first-order valence-corrected chi connectivity index (χ1v) is 4.04. The van der Waals surface area contributed by atoms with Crippen molar-refractivity contribution in [2.24, 2.45) is 5.73 Å². The Kier molecular flexibility index (Phi) is 5.77. The molecule has 0 aliphatic heterocycles. The Morgan fingerprint density at radius 1 is 1.36 bits per heavy atom. The van der Waals surface area contributed by atoms with Crippen LogP contribution in [0.2, 0.25) is 0 Å². The summed E-state index contributed by atoms with van der Waals surface area (Å²) < 4.78 is 0. The van der Waals surface area contributed by atoms with Crippen molar-refractivity contribution in [1.82, 2.24) is 5.32 Å². The Bertz CT molecular complexity index is 206. The lowest BCUT2D eigenvalue weighted by Crippen LogP contribution is -2.42. The maximum atomic E-state index is 11.0. The summed E-state index contributed by atoms with van der Waals surface area (Å²) in [5, 5.41) is 27.4. The van der Waals surface area contributed by atoms with E-state index in [9.17, 15) is 9.59 Å². The lowest BCUT2D eigenvalue weighted by atomic mass is 10.2. The van der Waals surface area contributed by atoms with Crippen LogP contribution in [0.4, 0.5) is 0 Å².